The van der Waals surface area contributed by atoms with Crippen LogP contribution in [0.15, 0.2) is 97.1 Å². The van der Waals surface area contributed by atoms with Gasteiger partial charge < -0.3 is 4.52 Å². The summed E-state index contributed by atoms with van der Waals surface area (Å²) in [5, 5.41) is 5.12. The Labute approximate surface area is 153 Å². The van der Waals surface area contributed by atoms with Crippen LogP contribution in [-0.2, 0) is 0 Å². The third-order valence-corrected chi connectivity index (χ3v) is 6.19. The van der Waals surface area contributed by atoms with Crippen molar-refractivity contribution in [3.63, 3.8) is 0 Å². The van der Waals surface area contributed by atoms with E-state index in [-0.39, 0.29) is 0 Å². The van der Waals surface area contributed by atoms with Crippen LogP contribution in [0.4, 0.5) is 0 Å². The quantitative estimate of drug-likeness (QED) is 0.409. The molecule has 0 aromatic heterocycles. The minimum atomic E-state index is -1.00. The van der Waals surface area contributed by atoms with E-state index in [0.29, 0.717) is 5.02 Å². The molecule has 0 aliphatic carbocycles. The van der Waals surface area contributed by atoms with Crippen molar-refractivity contribution in [3.05, 3.63) is 102 Å². The van der Waals surface area contributed by atoms with Crippen LogP contribution in [0.2, 0.25) is 5.02 Å². The number of fused-ring (bicyclic) bond motifs is 1. The van der Waals surface area contributed by atoms with Crippen LogP contribution < -0.4 is 15.1 Å². The molecule has 25 heavy (non-hydrogen) atoms. The minimum absolute atomic E-state index is 0.637. The molecule has 0 spiro atoms. The van der Waals surface area contributed by atoms with Crippen molar-refractivity contribution in [1.82, 2.24) is 0 Å². The zero-order valence-corrected chi connectivity index (χ0v) is 15.1. The van der Waals surface area contributed by atoms with E-state index in [1.54, 1.807) is 0 Å². The van der Waals surface area contributed by atoms with Gasteiger partial charge in [-0.1, -0.05) is 103 Å². The number of halogens is 1. The summed E-state index contributed by atoms with van der Waals surface area (Å²) in [5.74, 6) is 0.749. The summed E-state index contributed by atoms with van der Waals surface area (Å²) in [5.41, 5.74) is 0. The first kappa shape index (κ1) is 16.1. The Morgan fingerprint density at radius 1 is 0.600 bits per heavy atom. The van der Waals surface area contributed by atoms with Gasteiger partial charge in [0.1, 0.15) is 0 Å². The molecule has 3 heteroatoms. The normalized spacial score (nSPS) is 11.0. The molecule has 0 bridgehead atoms. The summed E-state index contributed by atoms with van der Waals surface area (Å²) < 4.78 is 6.56. The summed E-state index contributed by atoms with van der Waals surface area (Å²) >= 11 is 6.51. The Morgan fingerprint density at radius 3 is 1.80 bits per heavy atom. The highest BCUT2D eigenvalue weighted by Gasteiger charge is 2.19. The molecule has 0 amide bonds. The van der Waals surface area contributed by atoms with Gasteiger partial charge in [0.15, 0.2) is 13.9 Å². The topological polar surface area (TPSA) is 9.23 Å². The highest BCUT2D eigenvalue weighted by molar-refractivity contribution is 7.68. The second-order valence-electron chi connectivity index (χ2n) is 5.65. The first-order chi connectivity index (χ1) is 12.3. The third-order valence-electron chi connectivity index (χ3n) is 4.00. The molecule has 1 nitrogen and oxygen atoms in total. The lowest BCUT2D eigenvalue weighted by atomic mass is 10.1. The van der Waals surface area contributed by atoms with Crippen LogP contribution in [0.3, 0.4) is 0 Å². The van der Waals surface area contributed by atoms with Crippen molar-refractivity contribution >= 4 is 41.1 Å². The van der Waals surface area contributed by atoms with Gasteiger partial charge in [0.2, 0.25) is 0 Å². The van der Waals surface area contributed by atoms with E-state index in [1.807, 2.05) is 60.7 Å². The van der Waals surface area contributed by atoms with Gasteiger partial charge >= 0.3 is 0 Å². The van der Waals surface area contributed by atoms with Crippen LogP contribution >= 0.6 is 19.7 Å². The monoisotopic (exact) mass is 362 g/mol. The Bertz CT molecular complexity index is 947. The molecule has 0 saturated carbocycles. The van der Waals surface area contributed by atoms with Gasteiger partial charge in [-0.2, -0.15) is 0 Å². The smallest absolute Gasteiger partial charge is 0.150 e. The summed E-state index contributed by atoms with van der Waals surface area (Å²) in [4.78, 5) is 0. The first-order valence-corrected chi connectivity index (χ1v) is 9.72. The zero-order chi connectivity index (χ0) is 17.1. The highest BCUT2D eigenvalue weighted by Crippen LogP contribution is 2.43. The van der Waals surface area contributed by atoms with Gasteiger partial charge in [0.05, 0.1) is 5.02 Å². The standard InChI is InChI=1S/C22H16ClOP/c23-21-16-15-17-9-7-8-14-20(17)22(21)24-25(18-10-3-1-4-11-18)19-12-5-2-6-13-19/h1-16H. The lowest BCUT2D eigenvalue weighted by Gasteiger charge is -2.21. The molecule has 0 aliphatic heterocycles. The second kappa shape index (κ2) is 7.27. The Balaban J connectivity index is 1.84. The van der Waals surface area contributed by atoms with E-state index in [2.05, 4.69) is 36.4 Å². The van der Waals surface area contributed by atoms with Gasteiger partial charge in [0, 0.05) is 16.0 Å². The molecule has 4 rings (SSSR count). The Morgan fingerprint density at radius 2 is 1.16 bits per heavy atom. The fraction of sp³-hybridized carbons (Fsp3) is 0. The zero-order valence-electron chi connectivity index (χ0n) is 13.5. The number of hydrogen-bond acceptors (Lipinski definition) is 1. The van der Waals surface area contributed by atoms with E-state index in [1.165, 1.54) is 0 Å². The SMILES string of the molecule is Clc1ccc2ccccc2c1OP(c1ccccc1)c1ccccc1. The molecular weight excluding hydrogens is 347 g/mol. The maximum atomic E-state index is 6.56. The molecule has 0 aliphatic rings. The van der Waals surface area contributed by atoms with Gasteiger partial charge in [-0.05, 0) is 11.5 Å². The van der Waals surface area contributed by atoms with Crippen LogP contribution in [-0.4, -0.2) is 0 Å². The average molecular weight is 363 g/mol. The Hall–Kier alpha value is -2.34. The maximum absolute atomic E-state index is 6.56. The maximum Gasteiger partial charge on any atom is 0.150 e. The van der Waals surface area contributed by atoms with Crippen molar-refractivity contribution in [3.8, 4) is 5.75 Å². The third kappa shape index (κ3) is 3.39. The second-order valence-corrected chi connectivity index (χ2v) is 7.87. The van der Waals surface area contributed by atoms with Crippen LogP contribution in [0.25, 0.3) is 10.8 Å². The molecular formula is C22H16ClOP. The van der Waals surface area contributed by atoms with E-state index in [0.717, 1.165) is 27.1 Å². The van der Waals surface area contributed by atoms with E-state index in [4.69, 9.17) is 16.1 Å². The fourth-order valence-corrected chi connectivity index (χ4v) is 4.81. The average Bonchev–Trinajstić information content (AvgIpc) is 2.69. The molecule has 0 N–H and O–H groups in total. The van der Waals surface area contributed by atoms with Crippen molar-refractivity contribution in [2.75, 3.05) is 0 Å². The highest BCUT2D eigenvalue weighted by atomic mass is 35.5. The van der Waals surface area contributed by atoms with Crippen LogP contribution in [0, 0.1) is 0 Å². The first-order valence-electron chi connectivity index (χ1n) is 8.08. The molecule has 0 heterocycles. The summed E-state index contributed by atoms with van der Waals surface area (Å²) in [6, 6.07) is 32.7. The summed E-state index contributed by atoms with van der Waals surface area (Å²) in [6.07, 6.45) is 0. The molecule has 122 valence electrons. The molecule has 0 unspecified atom stereocenters. The van der Waals surface area contributed by atoms with E-state index >= 15 is 0 Å². The number of rotatable bonds is 4. The van der Waals surface area contributed by atoms with E-state index in [9.17, 15) is 0 Å². The number of benzene rings is 4. The molecule has 0 atom stereocenters. The molecule has 4 aromatic carbocycles. The van der Waals surface area contributed by atoms with Gasteiger partial charge in [0.25, 0.3) is 0 Å². The lowest BCUT2D eigenvalue weighted by molar-refractivity contribution is 0.638. The molecule has 0 radical (unpaired) electrons. The lowest BCUT2D eigenvalue weighted by Crippen LogP contribution is -2.15. The summed E-state index contributed by atoms with van der Waals surface area (Å²) in [6.45, 7) is 0. The van der Waals surface area contributed by atoms with Gasteiger partial charge in [-0.15, -0.1) is 0 Å². The predicted octanol–water partition coefficient (Wildman–Crippen LogP) is 5.92. The molecule has 0 saturated heterocycles. The largest absolute Gasteiger partial charge is 0.462 e. The van der Waals surface area contributed by atoms with E-state index < -0.39 is 8.15 Å². The van der Waals surface area contributed by atoms with Gasteiger partial charge in [-0.25, -0.2) is 0 Å². The van der Waals surface area contributed by atoms with Crippen molar-refractivity contribution in [1.29, 1.82) is 0 Å². The van der Waals surface area contributed by atoms with Crippen molar-refractivity contribution < 1.29 is 4.52 Å². The van der Waals surface area contributed by atoms with Crippen molar-refractivity contribution in [2.45, 2.75) is 0 Å². The Kier molecular flexibility index (Phi) is 4.70. The molecule has 4 aromatic rings. The van der Waals surface area contributed by atoms with Crippen LogP contribution in [0.1, 0.15) is 0 Å². The number of hydrogen-bond donors (Lipinski definition) is 0. The minimum Gasteiger partial charge on any atom is -0.462 e. The summed E-state index contributed by atoms with van der Waals surface area (Å²) in [7, 11) is -1.00. The van der Waals surface area contributed by atoms with Gasteiger partial charge in [-0.3, -0.25) is 0 Å². The molecule has 0 fully saturated rings. The fourth-order valence-electron chi connectivity index (χ4n) is 2.78. The predicted molar refractivity (Wildman–Crippen MR) is 109 cm³/mol. The van der Waals surface area contributed by atoms with Crippen LogP contribution in [0.5, 0.6) is 5.75 Å². The van der Waals surface area contributed by atoms with Crippen molar-refractivity contribution in [2.24, 2.45) is 0 Å².